The van der Waals surface area contributed by atoms with Gasteiger partial charge in [0.25, 0.3) is 0 Å². The van der Waals surface area contributed by atoms with Crippen molar-refractivity contribution in [3.8, 4) is 16.9 Å². The first-order valence-corrected chi connectivity index (χ1v) is 13.0. The lowest BCUT2D eigenvalue weighted by Crippen LogP contribution is -2.15. The molecule has 0 saturated carbocycles. The Bertz CT molecular complexity index is 1180. The number of halogens is 2. The Morgan fingerprint density at radius 3 is 2.46 bits per heavy atom. The summed E-state index contributed by atoms with van der Waals surface area (Å²) in [4.78, 5) is 25.2. The summed E-state index contributed by atoms with van der Waals surface area (Å²) in [6, 6.07) is 11.9. The maximum Gasteiger partial charge on any atom is 0.341 e. The van der Waals surface area contributed by atoms with Crippen LogP contribution in [0.2, 0.25) is 0 Å². The molecule has 0 aliphatic heterocycles. The van der Waals surface area contributed by atoms with Gasteiger partial charge >= 0.3 is 5.97 Å². The largest absolute Gasteiger partial charge is 0.492 e. The Hall–Kier alpha value is -2.71. The summed E-state index contributed by atoms with van der Waals surface area (Å²) in [5.41, 5.74) is 2.78. The van der Waals surface area contributed by atoms with Gasteiger partial charge in [-0.05, 0) is 70.1 Å². The molecule has 0 radical (unpaired) electrons. The molecule has 3 rings (SSSR count). The Kier molecular flexibility index (Phi) is 9.08. The lowest BCUT2D eigenvalue weighted by Gasteiger charge is -2.20. The number of amides is 1. The molecule has 35 heavy (non-hydrogen) atoms. The van der Waals surface area contributed by atoms with E-state index in [-0.39, 0.29) is 35.7 Å². The molecule has 1 amide bonds. The molecule has 1 heterocycles. The molecule has 0 unspecified atom stereocenters. The van der Waals surface area contributed by atoms with Gasteiger partial charge in [0.15, 0.2) is 0 Å². The molecule has 2 aromatic carbocycles. The predicted molar refractivity (Wildman–Crippen MR) is 142 cm³/mol. The molecular formula is C27H29BrFNO4S. The maximum absolute atomic E-state index is 13.3. The fourth-order valence-corrected chi connectivity index (χ4v) is 4.85. The van der Waals surface area contributed by atoms with Gasteiger partial charge in [0.2, 0.25) is 5.91 Å². The maximum atomic E-state index is 13.3. The molecular weight excluding hydrogens is 533 g/mol. The van der Waals surface area contributed by atoms with Gasteiger partial charge in [-0.1, -0.05) is 39.0 Å². The van der Waals surface area contributed by atoms with Crippen molar-refractivity contribution < 1.29 is 23.5 Å². The zero-order valence-electron chi connectivity index (χ0n) is 20.2. The average Bonchev–Trinajstić information content (AvgIpc) is 3.21. The highest BCUT2D eigenvalue weighted by Crippen LogP contribution is 2.36. The van der Waals surface area contributed by atoms with Gasteiger partial charge in [-0.2, -0.15) is 0 Å². The van der Waals surface area contributed by atoms with Gasteiger partial charge in [0, 0.05) is 17.4 Å². The van der Waals surface area contributed by atoms with E-state index in [1.54, 1.807) is 24.4 Å². The smallest absolute Gasteiger partial charge is 0.341 e. The molecule has 0 fully saturated rings. The number of nitrogens with one attached hydrogen (secondary N) is 1. The van der Waals surface area contributed by atoms with Crippen LogP contribution in [0.25, 0.3) is 11.1 Å². The number of carbonyl (C=O) groups is 2. The van der Waals surface area contributed by atoms with Crippen LogP contribution in [0.15, 0.2) is 52.3 Å². The number of anilines is 1. The van der Waals surface area contributed by atoms with E-state index < -0.39 is 5.97 Å². The second kappa shape index (κ2) is 11.8. The first-order valence-electron chi connectivity index (χ1n) is 11.4. The molecule has 3 aromatic rings. The van der Waals surface area contributed by atoms with E-state index in [0.29, 0.717) is 29.2 Å². The van der Waals surface area contributed by atoms with Crippen molar-refractivity contribution in [2.24, 2.45) is 0 Å². The second-order valence-electron chi connectivity index (χ2n) is 8.98. The average molecular weight is 563 g/mol. The van der Waals surface area contributed by atoms with Crippen molar-refractivity contribution in [1.82, 2.24) is 0 Å². The molecule has 0 aliphatic carbocycles. The Morgan fingerprint density at radius 2 is 1.83 bits per heavy atom. The number of esters is 1. The van der Waals surface area contributed by atoms with Crippen LogP contribution in [0.1, 0.15) is 56.5 Å². The molecule has 8 heteroatoms. The minimum atomic E-state index is -0.532. The van der Waals surface area contributed by atoms with E-state index in [1.807, 2.05) is 12.1 Å². The fourth-order valence-electron chi connectivity index (χ4n) is 3.39. The van der Waals surface area contributed by atoms with Gasteiger partial charge in [0.05, 0.1) is 17.7 Å². The molecule has 1 N–H and O–H groups in total. The summed E-state index contributed by atoms with van der Waals surface area (Å²) in [5, 5.41) is 5.00. The molecule has 0 spiro atoms. The van der Waals surface area contributed by atoms with Crippen molar-refractivity contribution in [2.45, 2.75) is 46.0 Å². The summed E-state index contributed by atoms with van der Waals surface area (Å²) in [5.74, 6) is -0.399. The van der Waals surface area contributed by atoms with Crippen LogP contribution in [0.3, 0.4) is 0 Å². The van der Waals surface area contributed by atoms with E-state index in [9.17, 15) is 14.0 Å². The fraction of sp³-hybridized carbons (Fsp3) is 0.333. The molecule has 5 nitrogen and oxygen atoms in total. The molecule has 0 aliphatic rings. The van der Waals surface area contributed by atoms with Crippen LogP contribution in [0.4, 0.5) is 9.39 Å². The Balaban J connectivity index is 1.62. The predicted octanol–water partition coefficient (Wildman–Crippen LogP) is 7.59. The number of thiophene rings is 1. The van der Waals surface area contributed by atoms with Crippen LogP contribution >= 0.6 is 27.3 Å². The van der Waals surface area contributed by atoms with E-state index in [0.717, 1.165) is 10.2 Å². The first-order chi connectivity index (χ1) is 16.6. The van der Waals surface area contributed by atoms with Crippen LogP contribution in [-0.2, 0) is 14.9 Å². The third-order valence-corrected chi connectivity index (χ3v) is 6.80. The zero-order chi connectivity index (χ0) is 25.6. The summed E-state index contributed by atoms with van der Waals surface area (Å²) in [7, 11) is 0. The van der Waals surface area contributed by atoms with Gasteiger partial charge in [0.1, 0.15) is 22.1 Å². The molecule has 0 saturated heterocycles. The van der Waals surface area contributed by atoms with Crippen molar-refractivity contribution >= 4 is 44.1 Å². The molecule has 1 aromatic heterocycles. The molecule has 0 atom stereocenters. The van der Waals surface area contributed by atoms with Gasteiger partial charge in [-0.15, -0.1) is 11.3 Å². The van der Waals surface area contributed by atoms with Gasteiger partial charge in [-0.25, -0.2) is 9.18 Å². The lowest BCUT2D eigenvalue weighted by atomic mass is 9.87. The summed E-state index contributed by atoms with van der Waals surface area (Å²) < 4.78 is 25.3. The number of hydrogen-bond acceptors (Lipinski definition) is 5. The van der Waals surface area contributed by atoms with E-state index in [1.165, 1.54) is 29.0 Å². The van der Waals surface area contributed by atoms with Crippen molar-refractivity contribution in [3.63, 3.8) is 0 Å². The van der Waals surface area contributed by atoms with Crippen LogP contribution in [-0.4, -0.2) is 25.1 Å². The van der Waals surface area contributed by atoms with Crippen LogP contribution < -0.4 is 10.1 Å². The minimum absolute atomic E-state index is 0.0416. The van der Waals surface area contributed by atoms with E-state index in [2.05, 4.69) is 48.1 Å². The van der Waals surface area contributed by atoms with Crippen molar-refractivity contribution in [2.75, 3.05) is 18.5 Å². The van der Waals surface area contributed by atoms with Crippen LogP contribution in [0, 0.1) is 5.82 Å². The standard InChI is InChI=1S/C27H29BrFNO4S/c1-5-33-26(32)24-20(17-8-11-19(29)12-9-17)16-35-25(24)30-23(31)7-6-14-34-22-13-10-18(15-21(22)28)27(2,3)4/h8-13,15-16H,5-7,14H2,1-4H3,(H,30,31). The third kappa shape index (κ3) is 7.15. The second-order valence-corrected chi connectivity index (χ2v) is 10.7. The highest BCUT2D eigenvalue weighted by atomic mass is 79.9. The highest BCUT2D eigenvalue weighted by molar-refractivity contribution is 9.10. The van der Waals surface area contributed by atoms with Crippen molar-refractivity contribution in [3.05, 3.63) is 69.3 Å². The van der Waals surface area contributed by atoms with Crippen molar-refractivity contribution in [1.29, 1.82) is 0 Å². The Labute approximate surface area is 217 Å². The molecule has 186 valence electrons. The molecule has 0 bridgehead atoms. The van der Waals surface area contributed by atoms with E-state index in [4.69, 9.17) is 9.47 Å². The van der Waals surface area contributed by atoms with Gasteiger partial charge < -0.3 is 14.8 Å². The van der Waals surface area contributed by atoms with Gasteiger partial charge in [-0.3, -0.25) is 4.79 Å². The Morgan fingerprint density at radius 1 is 1.11 bits per heavy atom. The number of carbonyl (C=O) groups excluding carboxylic acids is 2. The topological polar surface area (TPSA) is 64.6 Å². The third-order valence-electron chi connectivity index (χ3n) is 5.28. The van der Waals surface area contributed by atoms with E-state index >= 15 is 0 Å². The monoisotopic (exact) mass is 561 g/mol. The number of hydrogen-bond donors (Lipinski definition) is 1. The SMILES string of the molecule is CCOC(=O)c1c(-c2ccc(F)cc2)csc1NC(=O)CCCOc1ccc(C(C)(C)C)cc1Br. The summed E-state index contributed by atoms with van der Waals surface area (Å²) in [6.45, 7) is 8.74. The lowest BCUT2D eigenvalue weighted by molar-refractivity contribution is -0.116. The minimum Gasteiger partial charge on any atom is -0.492 e. The zero-order valence-corrected chi connectivity index (χ0v) is 22.6. The van der Waals surface area contributed by atoms with Crippen LogP contribution in [0.5, 0.6) is 5.75 Å². The first kappa shape index (κ1) is 26.9. The number of rotatable bonds is 9. The highest BCUT2D eigenvalue weighted by Gasteiger charge is 2.23. The number of ether oxygens (including phenoxy) is 2. The summed E-state index contributed by atoms with van der Waals surface area (Å²) >= 11 is 4.79. The summed E-state index contributed by atoms with van der Waals surface area (Å²) in [6.07, 6.45) is 0.730. The quantitative estimate of drug-likeness (QED) is 0.216. The normalized spacial score (nSPS) is 11.3. The number of benzene rings is 2.